The van der Waals surface area contributed by atoms with Crippen LogP contribution in [0.2, 0.25) is 0 Å². The van der Waals surface area contributed by atoms with Crippen LogP contribution in [-0.4, -0.2) is 15.0 Å². The molecule has 8 aromatic rings. The highest BCUT2D eigenvalue weighted by atomic mass is 16.5. The van der Waals surface area contributed by atoms with Crippen LogP contribution in [0.5, 0.6) is 11.5 Å². The van der Waals surface area contributed by atoms with Crippen molar-refractivity contribution >= 4 is 21.5 Å². The normalized spacial score (nSPS) is 11.1. The average Bonchev–Trinajstić information content (AvgIpc) is 3.12. The van der Waals surface area contributed by atoms with Crippen LogP contribution < -0.4 is 4.74 Å². The highest BCUT2D eigenvalue weighted by Gasteiger charge is 2.13. The first-order chi connectivity index (χ1) is 22.3. The van der Waals surface area contributed by atoms with E-state index in [9.17, 15) is 0 Å². The lowest BCUT2D eigenvalue weighted by Crippen LogP contribution is -2.00. The summed E-state index contributed by atoms with van der Waals surface area (Å²) in [4.78, 5) is 14.4. The second-order valence-electron chi connectivity index (χ2n) is 10.9. The smallest absolute Gasteiger partial charge is 0.164 e. The Bertz CT molecular complexity index is 2210. The third kappa shape index (κ3) is 5.30. The van der Waals surface area contributed by atoms with Crippen LogP contribution in [0.15, 0.2) is 164 Å². The maximum Gasteiger partial charge on any atom is 0.164 e. The summed E-state index contributed by atoms with van der Waals surface area (Å²) in [5.41, 5.74) is 5.13. The third-order valence-electron chi connectivity index (χ3n) is 7.98. The van der Waals surface area contributed by atoms with Gasteiger partial charge in [-0.3, -0.25) is 0 Å². The van der Waals surface area contributed by atoms with Crippen LogP contribution in [0.3, 0.4) is 0 Å². The summed E-state index contributed by atoms with van der Waals surface area (Å²) in [6.45, 7) is 0. The van der Waals surface area contributed by atoms with Crippen LogP contribution in [0, 0.1) is 0 Å². The number of rotatable bonds is 6. The number of ether oxygens (including phenoxy) is 1. The predicted octanol–water partition coefficient (Wildman–Crippen LogP) is 10.6. The fraction of sp³-hybridized carbons (Fsp3) is 0. The van der Waals surface area contributed by atoms with Crippen molar-refractivity contribution in [1.82, 2.24) is 15.0 Å². The molecular weight excluding hydrogens is 550 g/mol. The predicted molar refractivity (Wildman–Crippen MR) is 183 cm³/mol. The molecule has 0 bridgehead atoms. The van der Waals surface area contributed by atoms with Crippen molar-refractivity contribution < 1.29 is 4.74 Å². The van der Waals surface area contributed by atoms with Gasteiger partial charge in [0.05, 0.1) is 0 Å². The second-order valence-corrected chi connectivity index (χ2v) is 10.9. The summed E-state index contributed by atoms with van der Waals surface area (Å²) in [7, 11) is 0. The SMILES string of the molecule is c1ccc(-c2nc(-c3ccccc3)nc(-c3ccc(Oc4ccc(-c5cc6ccccc6c6ccccc56)cc4)cc3)n2)cc1. The monoisotopic (exact) mass is 577 g/mol. The van der Waals surface area contributed by atoms with Gasteiger partial charge < -0.3 is 4.74 Å². The molecule has 45 heavy (non-hydrogen) atoms. The highest BCUT2D eigenvalue weighted by molar-refractivity contribution is 6.13. The molecule has 0 saturated heterocycles. The van der Waals surface area contributed by atoms with Crippen molar-refractivity contribution in [2.45, 2.75) is 0 Å². The van der Waals surface area contributed by atoms with E-state index in [4.69, 9.17) is 19.7 Å². The van der Waals surface area contributed by atoms with Crippen molar-refractivity contribution in [3.05, 3.63) is 164 Å². The van der Waals surface area contributed by atoms with Crippen molar-refractivity contribution in [2.75, 3.05) is 0 Å². The van der Waals surface area contributed by atoms with E-state index in [1.165, 1.54) is 27.1 Å². The Morgan fingerprint density at radius 3 is 1.31 bits per heavy atom. The summed E-state index contributed by atoms with van der Waals surface area (Å²) in [5.74, 6) is 3.40. The molecule has 0 aliphatic rings. The zero-order valence-electron chi connectivity index (χ0n) is 24.3. The topological polar surface area (TPSA) is 47.9 Å². The van der Waals surface area contributed by atoms with E-state index in [1.54, 1.807) is 0 Å². The van der Waals surface area contributed by atoms with E-state index in [1.807, 2.05) is 97.1 Å². The molecule has 4 heteroatoms. The van der Waals surface area contributed by atoms with Crippen molar-refractivity contribution in [3.8, 4) is 56.8 Å². The average molecular weight is 578 g/mol. The van der Waals surface area contributed by atoms with Crippen molar-refractivity contribution in [3.63, 3.8) is 0 Å². The minimum Gasteiger partial charge on any atom is -0.457 e. The zero-order chi connectivity index (χ0) is 30.0. The molecule has 0 radical (unpaired) electrons. The van der Waals surface area contributed by atoms with Crippen LogP contribution in [0.1, 0.15) is 0 Å². The Balaban J connectivity index is 1.08. The Kier molecular flexibility index (Phi) is 6.78. The Labute approximate surface area is 261 Å². The van der Waals surface area contributed by atoms with Gasteiger partial charge in [0.2, 0.25) is 0 Å². The molecule has 8 rings (SSSR count). The maximum absolute atomic E-state index is 6.25. The van der Waals surface area contributed by atoms with E-state index >= 15 is 0 Å². The van der Waals surface area contributed by atoms with Gasteiger partial charge in [-0.25, -0.2) is 15.0 Å². The lowest BCUT2D eigenvalue weighted by Gasteiger charge is -2.12. The van der Waals surface area contributed by atoms with Gasteiger partial charge in [0.1, 0.15) is 11.5 Å². The van der Waals surface area contributed by atoms with Crippen LogP contribution in [0.25, 0.3) is 66.8 Å². The van der Waals surface area contributed by atoms with Gasteiger partial charge in [-0.15, -0.1) is 0 Å². The van der Waals surface area contributed by atoms with Gasteiger partial charge in [-0.2, -0.15) is 0 Å². The second kappa shape index (κ2) is 11.5. The minimum absolute atomic E-state index is 0.612. The summed E-state index contributed by atoms with van der Waals surface area (Å²) in [5, 5.41) is 5.00. The van der Waals surface area contributed by atoms with Crippen LogP contribution >= 0.6 is 0 Å². The lowest BCUT2D eigenvalue weighted by molar-refractivity contribution is 0.483. The first-order valence-corrected chi connectivity index (χ1v) is 14.9. The quantitative estimate of drug-likeness (QED) is 0.184. The number of fused-ring (bicyclic) bond motifs is 3. The van der Waals surface area contributed by atoms with Crippen LogP contribution in [0.4, 0.5) is 0 Å². The fourth-order valence-corrected chi connectivity index (χ4v) is 5.74. The molecular formula is C41H27N3O. The van der Waals surface area contributed by atoms with Crippen LogP contribution in [-0.2, 0) is 0 Å². The highest BCUT2D eigenvalue weighted by Crippen LogP contribution is 2.36. The van der Waals surface area contributed by atoms with Gasteiger partial charge in [0.25, 0.3) is 0 Å². The molecule has 0 aliphatic heterocycles. The Hall–Kier alpha value is -6.13. The molecule has 1 heterocycles. The molecule has 0 aliphatic carbocycles. The Morgan fingerprint density at radius 1 is 0.333 bits per heavy atom. The van der Waals surface area contributed by atoms with Gasteiger partial charge >= 0.3 is 0 Å². The summed E-state index contributed by atoms with van der Waals surface area (Å²) < 4.78 is 6.25. The molecule has 7 aromatic carbocycles. The fourth-order valence-electron chi connectivity index (χ4n) is 5.74. The number of hydrogen-bond donors (Lipinski definition) is 0. The molecule has 0 saturated carbocycles. The molecule has 0 spiro atoms. The maximum atomic E-state index is 6.25. The molecule has 4 nitrogen and oxygen atoms in total. The van der Waals surface area contributed by atoms with Gasteiger partial charge in [-0.05, 0) is 75.1 Å². The number of benzene rings is 7. The summed E-state index contributed by atoms with van der Waals surface area (Å²) in [6.07, 6.45) is 0. The molecule has 0 fully saturated rings. The van der Waals surface area contributed by atoms with E-state index in [-0.39, 0.29) is 0 Å². The molecule has 212 valence electrons. The zero-order valence-corrected chi connectivity index (χ0v) is 24.3. The number of nitrogens with zero attached hydrogens (tertiary/aromatic N) is 3. The van der Waals surface area contributed by atoms with Gasteiger partial charge in [0.15, 0.2) is 17.5 Å². The van der Waals surface area contributed by atoms with Crippen molar-refractivity contribution in [2.24, 2.45) is 0 Å². The minimum atomic E-state index is 0.612. The van der Waals surface area contributed by atoms with E-state index < -0.39 is 0 Å². The first-order valence-electron chi connectivity index (χ1n) is 14.9. The van der Waals surface area contributed by atoms with E-state index in [0.717, 1.165) is 33.8 Å². The third-order valence-corrected chi connectivity index (χ3v) is 7.98. The Morgan fingerprint density at radius 2 is 0.756 bits per heavy atom. The van der Waals surface area contributed by atoms with E-state index in [0.29, 0.717) is 17.5 Å². The molecule has 0 atom stereocenters. The summed E-state index contributed by atoms with van der Waals surface area (Å²) in [6, 6.07) is 55.6. The summed E-state index contributed by atoms with van der Waals surface area (Å²) >= 11 is 0. The van der Waals surface area contributed by atoms with E-state index in [2.05, 4.69) is 66.7 Å². The molecule has 0 N–H and O–H groups in total. The van der Waals surface area contributed by atoms with Gasteiger partial charge in [-0.1, -0.05) is 121 Å². The standard InChI is InChI=1S/C41H27N3O/c1-3-11-29(12-4-1)39-42-40(30-13-5-2-6-14-30)44-41(43-39)31-21-25-34(26-22-31)45-33-23-19-28(20-24-33)38-27-32-15-7-8-16-35(32)36-17-9-10-18-37(36)38/h1-27H. The largest absolute Gasteiger partial charge is 0.457 e. The number of hydrogen-bond acceptors (Lipinski definition) is 4. The molecule has 0 unspecified atom stereocenters. The number of aromatic nitrogens is 3. The lowest BCUT2D eigenvalue weighted by atomic mass is 9.93. The molecule has 0 amide bonds. The van der Waals surface area contributed by atoms with Crippen molar-refractivity contribution in [1.29, 1.82) is 0 Å². The van der Waals surface area contributed by atoms with Gasteiger partial charge in [0, 0.05) is 16.7 Å². The molecule has 1 aromatic heterocycles. The first kappa shape index (κ1) is 26.5.